The van der Waals surface area contributed by atoms with E-state index in [1.807, 2.05) is 0 Å². The quantitative estimate of drug-likeness (QED) is 0.642. The molecule has 0 amide bonds. The lowest BCUT2D eigenvalue weighted by molar-refractivity contribution is 0.0392. The Kier molecular flexibility index (Phi) is 8.64. The van der Waals surface area contributed by atoms with Crippen LogP contribution in [0, 0.1) is 0 Å². The largest absolute Gasteiger partial charge is 0.377 e. The minimum Gasteiger partial charge on any atom is -0.377 e. The highest BCUT2D eigenvalue weighted by Gasteiger charge is 2.10. The maximum absolute atomic E-state index is 5.88. The van der Waals surface area contributed by atoms with E-state index in [0.29, 0.717) is 12.1 Å². The van der Waals surface area contributed by atoms with E-state index in [1.165, 1.54) is 45.2 Å². The molecule has 1 rings (SSSR count). The molecule has 18 heavy (non-hydrogen) atoms. The Hall–Kier alpha value is -0.120. The Balaban J connectivity index is 1.91. The van der Waals surface area contributed by atoms with Crippen LogP contribution in [0.15, 0.2) is 0 Å². The van der Waals surface area contributed by atoms with Gasteiger partial charge in [-0.25, -0.2) is 0 Å². The predicted molar refractivity (Wildman–Crippen MR) is 78.1 cm³/mol. The van der Waals surface area contributed by atoms with E-state index in [9.17, 15) is 0 Å². The van der Waals surface area contributed by atoms with Crippen molar-refractivity contribution in [1.29, 1.82) is 0 Å². The molecule has 3 nitrogen and oxygen atoms in total. The van der Waals surface area contributed by atoms with Gasteiger partial charge in [0.1, 0.15) is 0 Å². The lowest BCUT2D eigenvalue weighted by atomic mass is 10.1. The molecule has 1 unspecified atom stereocenters. The van der Waals surface area contributed by atoms with Gasteiger partial charge in [0.15, 0.2) is 0 Å². The topological polar surface area (TPSA) is 24.5 Å². The third-order valence-electron chi connectivity index (χ3n) is 3.60. The monoisotopic (exact) mass is 256 g/mol. The summed E-state index contributed by atoms with van der Waals surface area (Å²) in [6.45, 7) is 12.3. The minimum absolute atomic E-state index is 0.406. The van der Waals surface area contributed by atoms with Crippen LogP contribution in [-0.2, 0) is 4.74 Å². The summed E-state index contributed by atoms with van der Waals surface area (Å²) < 4.78 is 5.88. The fourth-order valence-corrected chi connectivity index (χ4v) is 2.43. The molecule has 0 aromatic heterocycles. The zero-order chi connectivity index (χ0) is 13.2. The summed E-state index contributed by atoms with van der Waals surface area (Å²) in [4.78, 5) is 2.54. The second kappa shape index (κ2) is 9.76. The van der Waals surface area contributed by atoms with Gasteiger partial charge in [0, 0.05) is 12.6 Å². The fourth-order valence-electron chi connectivity index (χ4n) is 2.43. The van der Waals surface area contributed by atoms with Crippen molar-refractivity contribution in [2.24, 2.45) is 0 Å². The molecule has 0 spiro atoms. The zero-order valence-electron chi connectivity index (χ0n) is 12.6. The molecular weight excluding hydrogens is 224 g/mol. The molecule has 108 valence electrons. The van der Waals surface area contributed by atoms with Crippen LogP contribution in [0.2, 0.25) is 0 Å². The number of likely N-dealkylation sites (tertiary alicyclic amines) is 1. The third-order valence-corrected chi connectivity index (χ3v) is 3.60. The molecular formula is C15H32N2O. The molecule has 1 aliphatic rings. The average Bonchev–Trinajstić information content (AvgIpc) is 2.36. The Morgan fingerprint density at radius 3 is 2.50 bits per heavy atom. The van der Waals surface area contributed by atoms with Crippen LogP contribution in [0.3, 0.4) is 0 Å². The Morgan fingerprint density at radius 1 is 1.11 bits per heavy atom. The first-order chi connectivity index (χ1) is 8.68. The number of nitrogens with zero attached hydrogens (tertiary/aromatic N) is 1. The van der Waals surface area contributed by atoms with Crippen molar-refractivity contribution < 1.29 is 4.74 Å². The molecule has 0 aromatic rings. The first kappa shape index (κ1) is 15.9. The van der Waals surface area contributed by atoms with Gasteiger partial charge in [-0.05, 0) is 52.2 Å². The van der Waals surface area contributed by atoms with Crippen LogP contribution >= 0.6 is 0 Å². The van der Waals surface area contributed by atoms with Crippen molar-refractivity contribution in [2.75, 3.05) is 32.8 Å². The average molecular weight is 256 g/mol. The predicted octanol–water partition coefficient (Wildman–Crippen LogP) is 2.66. The highest BCUT2D eigenvalue weighted by molar-refractivity contribution is 4.64. The SMILES string of the molecule is CC(C)NCCCC(C)OCCN1CCCCC1. The second-order valence-electron chi connectivity index (χ2n) is 5.83. The van der Waals surface area contributed by atoms with Gasteiger partial charge in [-0.15, -0.1) is 0 Å². The first-order valence-electron chi connectivity index (χ1n) is 7.76. The maximum atomic E-state index is 5.88. The zero-order valence-corrected chi connectivity index (χ0v) is 12.6. The summed E-state index contributed by atoms with van der Waals surface area (Å²) in [6.07, 6.45) is 6.94. The standard InChI is InChI=1S/C15H32N2O/c1-14(2)16-9-7-8-15(3)18-13-12-17-10-5-4-6-11-17/h14-16H,4-13H2,1-3H3. The van der Waals surface area contributed by atoms with Crippen LogP contribution in [0.25, 0.3) is 0 Å². The smallest absolute Gasteiger partial charge is 0.0597 e. The van der Waals surface area contributed by atoms with Crippen LogP contribution in [0.4, 0.5) is 0 Å². The van der Waals surface area contributed by atoms with Crippen molar-refractivity contribution in [3.63, 3.8) is 0 Å². The highest BCUT2D eigenvalue weighted by Crippen LogP contribution is 2.08. The molecule has 1 fully saturated rings. The number of hydrogen-bond donors (Lipinski definition) is 1. The molecule has 1 saturated heterocycles. The summed E-state index contributed by atoms with van der Waals surface area (Å²) in [5, 5.41) is 3.44. The van der Waals surface area contributed by atoms with E-state index in [2.05, 4.69) is 31.0 Å². The van der Waals surface area contributed by atoms with Gasteiger partial charge >= 0.3 is 0 Å². The normalized spacial score (nSPS) is 19.3. The van der Waals surface area contributed by atoms with Gasteiger partial charge < -0.3 is 15.0 Å². The minimum atomic E-state index is 0.406. The van der Waals surface area contributed by atoms with E-state index in [0.717, 1.165) is 19.7 Å². The molecule has 0 saturated carbocycles. The fraction of sp³-hybridized carbons (Fsp3) is 1.00. The molecule has 0 aromatic carbocycles. The Bertz CT molecular complexity index is 191. The Morgan fingerprint density at radius 2 is 1.83 bits per heavy atom. The van der Waals surface area contributed by atoms with Gasteiger partial charge in [-0.2, -0.15) is 0 Å². The number of rotatable bonds is 9. The molecule has 1 heterocycles. The molecule has 1 aliphatic heterocycles. The number of nitrogens with one attached hydrogen (secondary N) is 1. The van der Waals surface area contributed by atoms with Crippen LogP contribution < -0.4 is 5.32 Å². The van der Waals surface area contributed by atoms with E-state index in [1.54, 1.807) is 0 Å². The van der Waals surface area contributed by atoms with E-state index >= 15 is 0 Å². The summed E-state index contributed by atoms with van der Waals surface area (Å²) in [7, 11) is 0. The van der Waals surface area contributed by atoms with Crippen molar-refractivity contribution in [1.82, 2.24) is 10.2 Å². The van der Waals surface area contributed by atoms with Crippen LogP contribution in [0.1, 0.15) is 52.9 Å². The van der Waals surface area contributed by atoms with Crippen molar-refractivity contribution in [2.45, 2.75) is 65.0 Å². The maximum Gasteiger partial charge on any atom is 0.0597 e. The van der Waals surface area contributed by atoms with Gasteiger partial charge in [0.05, 0.1) is 12.7 Å². The summed E-state index contributed by atoms with van der Waals surface area (Å²) >= 11 is 0. The molecule has 0 bridgehead atoms. The molecule has 0 radical (unpaired) electrons. The molecule has 1 N–H and O–H groups in total. The van der Waals surface area contributed by atoms with Crippen molar-refractivity contribution in [3.05, 3.63) is 0 Å². The number of hydrogen-bond acceptors (Lipinski definition) is 3. The van der Waals surface area contributed by atoms with Crippen molar-refractivity contribution in [3.8, 4) is 0 Å². The summed E-state index contributed by atoms with van der Waals surface area (Å²) in [5.41, 5.74) is 0. The lowest BCUT2D eigenvalue weighted by Gasteiger charge is -2.26. The van der Waals surface area contributed by atoms with Gasteiger partial charge in [-0.1, -0.05) is 20.3 Å². The molecule has 3 heteroatoms. The summed E-state index contributed by atoms with van der Waals surface area (Å²) in [5.74, 6) is 0. The lowest BCUT2D eigenvalue weighted by Crippen LogP contribution is -2.33. The van der Waals surface area contributed by atoms with E-state index in [4.69, 9.17) is 4.74 Å². The summed E-state index contributed by atoms with van der Waals surface area (Å²) in [6, 6.07) is 0.598. The molecule has 0 aliphatic carbocycles. The van der Waals surface area contributed by atoms with Gasteiger partial charge in [0.25, 0.3) is 0 Å². The number of ether oxygens (including phenoxy) is 1. The first-order valence-corrected chi connectivity index (χ1v) is 7.76. The van der Waals surface area contributed by atoms with E-state index in [-0.39, 0.29) is 0 Å². The molecule has 1 atom stereocenters. The van der Waals surface area contributed by atoms with Crippen LogP contribution in [0.5, 0.6) is 0 Å². The van der Waals surface area contributed by atoms with E-state index < -0.39 is 0 Å². The second-order valence-corrected chi connectivity index (χ2v) is 5.83. The number of piperidine rings is 1. The van der Waals surface area contributed by atoms with Crippen LogP contribution in [-0.4, -0.2) is 49.8 Å². The third kappa shape index (κ3) is 8.06. The highest BCUT2D eigenvalue weighted by atomic mass is 16.5. The van der Waals surface area contributed by atoms with Gasteiger partial charge in [0.2, 0.25) is 0 Å². The Labute approximate surface area is 113 Å². The van der Waals surface area contributed by atoms with Gasteiger partial charge in [-0.3, -0.25) is 0 Å². The van der Waals surface area contributed by atoms with Crippen molar-refractivity contribution >= 4 is 0 Å².